The molecule has 148 valence electrons. The van der Waals surface area contributed by atoms with Crippen LogP contribution in [0.1, 0.15) is 41.4 Å². The van der Waals surface area contributed by atoms with Gasteiger partial charge in [-0.15, -0.1) is 0 Å². The molecule has 0 radical (unpaired) electrons. The standard InChI is InChI=1S/C23H16N2O5/c24-16-6-4-5-14(11-16)20(26)13-30-23(29)15-9-10-18-19(12-15)22(28)25(21(18)27)17-7-2-1-3-8-17/h1-12H,13,24H2. The second-order valence-electron chi connectivity index (χ2n) is 6.67. The molecule has 0 saturated carbocycles. The van der Waals surface area contributed by atoms with Crippen LogP contribution in [0.5, 0.6) is 0 Å². The van der Waals surface area contributed by atoms with E-state index in [1.165, 1.54) is 24.3 Å². The summed E-state index contributed by atoms with van der Waals surface area (Å²) in [6, 6.07) is 19.0. The number of imide groups is 1. The maximum Gasteiger partial charge on any atom is 0.338 e. The molecular formula is C23H16N2O5. The minimum Gasteiger partial charge on any atom is -0.454 e. The van der Waals surface area contributed by atoms with Gasteiger partial charge in [0, 0.05) is 11.3 Å². The summed E-state index contributed by atoms with van der Waals surface area (Å²) in [4.78, 5) is 51.0. The lowest BCUT2D eigenvalue weighted by Crippen LogP contribution is -2.29. The number of hydrogen-bond acceptors (Lipinski definition) is 6. The van der Waals surface area contributed by atoms with Crippen molar-refractivity contribution in [3.8, 4) is 0 Å². The first-order chi connectivity index (χ1) is 14.5. The number of fused-ring (bicyclic) bond motifs is 1. The number of esters is 1. The van der Waals surface area contributed by atoms with E-state index in [1.54, 1.807) is 48.5 Å². The third kappa shape index (κ3) is 3.44. The number of anilines is 2. The topological polar surface area (TPSA) is 107 Å². The molecule has 7 heteroatoms. The molecule has 0 spiro atoms. The minimum absolute atomic E-state index is 0.0742. The average Bonchev–Trinajstić information content (AvgIpc) is 3.02. The van der Waals surface area contributed by atoms with E-state index in [9.17, 15) is 19.2 Å². The zero-order valence-corrected chi connectivity index (χ0v) is 15.7. The number of nitrogen functional groups attached to an aromatic ring is 1. The van der Waals surface area contributed by atoms with Crippen molar-refractivity contribution < 1.29 is 23.9 Å². The summed E-state index contributed by atoms with van der Waals surface area (Å²) in [5.74, 6) is -2.16. The Bertz CT molecular complexity index is 1190. The zero-order chi connectivity index (χ0) is 21.3. The fraction of sp³-hybridized carbons (Fsp3) is 0.0435. The third-order valence-electron chi connectivity index (χ3n) is 4.68. The van der Waals surface area contributed by atoms with Crippen LogP contribution in [0.4, 0.5) is 11.4 Å². The van der Waals surface area contributed by atoms with Crippen LogP contribution in [0.25, 0.3) is 0 Å². The molecule has 0 saturated heterocycles. The average molecular weight is 400 g/mol. The maximum absolute atomic E-state index is 12.8. The summed E-state index contributed by atoms with van der Waals surface area (Å²) in [5.41, 5.74) is 7.24. The molecular weight excluding hydrogens is 384 g/mol. The first-order valence-corrected chi connectivity index (χ1v) is 9.09. The Balaban J connectivity index is 1.51. The number of carbonyl (C=O) groups excluding carboxylic acids is 4. The van der Waals surface area contributed by atoms with Crippen molar-refractivity contribution in [1.29, 1.82) is 0 Å². The predicted octanol–water partition coefficient (Wildman–Crippen LogP) is 3.11. The number of rotatable bonds is 5. The van der Waals surface area contributed by atoms with E-state index >= 15 is 0 Å². The monoisotopic (exact) mass is 400 g/mol. The summed E-state index contributed by atoms with van der Waals surface area (Å²) in [6.45, 7) is -0.470. The molecule has 3 aromatic rings. The van der Waals surface area contributed by atoms with Crippen molar-refractivity contribution in [1.82, 2.24) is 0 Å². The highest BCUT2D eigenvalue weighted by Crippen LogP contribution is 2.29. The van der Waals surface area contributed by atoms with Crippen LogP contribution in [-0.4, -0.2) is 30.2 Å². The van der Waals surface area contributed by atoms with Crippen LogP contribution < -0.4 is 10.6 Å². The van der Waals surface area contributed by atoms with Gasteiger partial charge in [-0.3, -0.25) is 14.4 Å². The third-order valence-corrected chi connectivity index (χ3v) is 4.68. The van der Waals surface area contributed by atoms with Gasteiger partial charge >= 0.3 is 5.97 Å². The Morgan fingerprint density at radius 2 is 1.53 bits per heavy atom. The largest absolute Gasteiger partial charge is 0.454 e. The van der Waals surface area contributed by atoms with Crippen LogP contribution in [0, 0.1) is 0 Å². The predicted molar refractivity (Wildman–Crippen MR) is 109 cm³/mol. The minimum atomic E-state index is -0.770. The molecule has 1 aliphatic rings. The van der Waals surface area contributed by atoms with E-state index < -0.39 is 30.2 Å². The Morgan fingerprint density at radius 1 is 0.800 bits per heavy atom. The summed E-state index contributed by atoms with van der Waals surface area (Å²) < 4.78 is 5.08. The molecule has 0 aliphatic carbocycles. The number of amides is 2. The number of ketones is 1. The first kappa shape index (κ1) is 19.1. The normalized spacial score (nSPS) is 12.6. The molecule has 0 atom stereocenters. The maximum atomic E-state index is 12.8. The number of benzene rings is 3. The van der Waals surface area contributed by atoms with Crippen molar-refractivity contribution in [3.63, 3.8) is 0 Å². The van der Waals surface area contributed by atoms with Gasteiger partial charge in [0.1, 0.15) is 0 Å². The first-order valence-electron chi connectivity index (χ1n) is 9.09. The SMILES string of the molecule is Nc1cccc(C(=O)COC(=O)c2ccc3c(c2)C(=O)N(c2ccccc2)C3=O)c1. The van der Waals surface area contributed by atoms with E-state index in [1.807, 2.05) is 0 Å². The van der Waals surface area contributed by atoms with Crippen molar-refractivity contribution in [2.24, 2.45) is 0 Å². The van der Waals surface area contributed by atoms with Gasteiger partial charge in [0.2, 0.25) is 0 Å². The van der Waals surface area contributed by atoms with Crippen molar-refractivity contribution >= 4 is 34.9 Å². The summed E-state index contributed by atoms with van der Waals surface area (Å²) >= 11 is 0. The smallest absolute Gasteiger partial charge is 0.338 e. The van der Waals surface area contributed by atoms with Crippen molar-refractivity contribution in [2.75, 3.05) is 17.2 Å². The number of ether oxygens (including phenoxy) is 1. The Hall–Kier alpha value is -4.26. The highest BCUT2D eigenvalue weighted by molar-refractivity contribution is 6.34. The van der Waals surface area contributed by atoms with Gasteiger partial charge < -0.3 is 10.5 Å². The molecule has 30 heavy (non-hydrogen) atoms. The fourth-order valence-corrected chi connectivity index (χ4v) is 3.19. The van der Waals surface area contributed by atoms with Gasteiger partial charge in [-0.1, -0.05) is 30.3 Å². The van der Waals surface area contributed by atoms with Gasteiger partial charge in [0.25, 0.3) is 11.8 Å². The molecule has 1 aliphatic heterocycles. The van der Waals surface area contributed by atoms with E-state index in [2.05, 4.69) is 0 Å². The molecule has 0 fully saturated rings. The number of nitrogens with two attached hydrogens (primary N) is 1. The van der Waals surface area contributed by atoms with Gasteiger partial charge in [0.05, 0.1) is 22.4 Å². The van der Waals surface area contributed by atoms with Crippen LogP contribution >= 0.6 is 0 Å². The van der Waals surface area contributed by atoms with Crippen molar-refractivity contribution in [2.45, 2.75) is 0 Å². The molecule has 0 aromatic heterocycles. The second kappa shape index (κ2) is 7.63. The van der Waals surface area contributed by atoms with Crippen LogP contribution in [-0.2, 0) is 4.74 Å². The molecule has 3 aromatic carbocycles. The van der Waals surface area contributed by atoms with Crippen molar-refractivity contribution in [3.05, 3.63) is 95.1 Å². The Morgan fingerprint density at radius 3 is 2.27 bits per heavy atom. The quantitative estimate of drug-likeness (QED) is 0.305. The molecule has 0 bridgehead atoms. The molecule has 0 unspecified atom stereocenters. The van der Waals surface area contributed by atoms with Gasteiger partial charge in [-0.25, -0.2) is 9.69 Å². The van der Waals surface area contributed by atoms with E-state index in [4.69, 9.17) is 10.5 Å². The highest BCUT2D eigenvalue weighted by Gasteiger charge is 2.37. The lowest BCUT2D eigenvalue weighted by Gasteiger charge is -2.13. The second-order valence-corrected chi connectivity index (χ2v) is 6.67. The van der Waals surface area contributed by atoms with Crippen LogP contribution in [0.15, 0.2) is 72.8 Å². The van der Waals surface area contributed by atoms with E-state index in [0.717, 1.165) is 4.90 Å². The summed E-state index contributed by atoms with van der Waals surface area (Å²) in [7, 11) is 0. The van der Waals surface area contributed by atoms with Gasteiger partial charge in [-0.05, 0) is 42.5 Å². The highest BCUT2D eigenvalue weighted by atomic mass is 16.5. The summed E-state index contributed by atoms with van der Waals surface area (Å²) in [5, 5.41) is 0. The van der Waals surface area contributed by atoms with Crippen LogP contribution in [0.3, 0.4) is 0 Å². The molecule has 2 N–H and O–H groups in total. The Labute approximate surface area is 171 Å². The number of para-hydroxylation sites is 1. The lowest BCUT2D eigenvalue weighted by atomic mass is 10.1. The molecule has 1 heterocycles. The van der Waals surface area contributed by atoms with Crippen LogP contribution in [0.2, 0.25) is 0 Å². The lowest BCUT2D eigenvalue weighted by molar-refractivity contribution is 0.0474. The number of nitrogens with zero attached hydrogens (tertiary/aromatic N) is 1. The zero-order valence-electron chi connectivity index (χ0n) is 15.7. The number of hydrogen-bond donors (Lipinski definition) is 1. The number of carbonyl (C=O) groups is 4. The number of Topliss-reactive ketones (excluding diaryl/α,β-unsaturated/α-hetero) is 1. The molecule has 4 rings (SSSR count). The van der Waals surface area contributed by atoms with Gasteiger partial charge in [-0.2, -0.15) is 0 Å². The Kier molecular flexibility index (Phi) is 4.85. The van der Waals surface area contributed by atoms with Gasteiger partial charge in [0.15, 0.2) is 12.4 Å². The van der Waals surface area contributed by atoms with E-state index in [0.29, 0.717) is 16.9 Å². The molecule has 7 nitrogen and oxygen atoms in total. The summed E-state index contributed by atoms with van der Waals surface area (Å²) in [6.07, 6.45) is 0. The molecule has 2 amide bonds. The fourth-order valence-electron chi connectivity index (χ4n) is 3.19. The van der Waals surface area contributed by atoms with E-state index in [-0.39, 0.29) is 16.7 Å².